The zero-order valence-electron chi connectivity index (χ0n) is 14.9. The summed E-state index contributed by atoms with van der Waals surface area (Å²) < 4.78 is 0. The molecule has 0 spiro atoms. The number of aliphatic hydroxyl groups excluding tert-OH is 3. The fraction of sp³-hybridized carbons (Fsp3) is 0.842. The summed E-state index contributed by atoms with van der Waals surface area (Å²) in [5.74, 6) is -0.292. The summed E-state index contributed by atoms with van der Waals surface area (Å²) in [4.78, 5) is 10.5. The van der Waals surface area contributed by atoms with Gasteiger partial charge in [0.1, 0.15) is 0 Å². The molecule has 146 valence electrons. The highest BCUT2D eigenvalue weighted by molar-refractivity contribution is 6.17. The molecule has 5 nitrogen and oxygen atoms in total. The summed E-state index contributed by atoms with van der Waals surface area (Å²) in [7, 11) is 0. The second-order valence-corrected chi connectivity index (χ2v) is 7.47. The summed E-state index contributed by atoms with van der Waals surface area (Å²) in [6.07, 6.45) is 9.17. The van der Waals surface area contributed by atoms with Gasteiger partial charge in [-0.05, 0) is 38.0 Å². The first-order chi connectivity index (χ1) is 12.0. The molecule has 1 fully saturated rings. The summed E-state index contributed by atoms with van der Waals surface area (Å²) in [6.45, 7) is 0. The Kier molecular flexibility index (Phi) is 11.4. The Balaban J connectivity index is 2.38. The van der Waals surface area contributed by atoms with Gasteiger partial charge in [-0.2, -0.15) is 0 Å². The molecule has 0 aliphatic heterocycles. The zero-order chi connectivity index (χ0) is 18.7. The van der Waals surface area contributed by atoms with E-state index in [4.69, 9.17) is 16.7 Å². The van der Waals surface area contributed by atoms with E-state index in [0.29, 0.717) is 25.1 Å². The van der Waals surface area contributed by atoms with E-state index < -0.39 is 24.3 Å². The first-order valence-corrected chi connectivity index (χ1v) is 9.99. The Morgan fingerprint density at radius 3 is 2.48 bits per heavy atom. The Morgan fingerprint density at radius 2 is 1.80 bits per heavy atom. The average molecular weight is 377 g/mol. The number of hydrogen-bond acceptors (Lipinski definition) is 4. The average Bonchev–Trinajstić information content (AvgIpc) is 2.82. The van der Waals surface area contributed by atoms with Crippen molar-refractivity contribution in [3.8, 4) is 0 Å². The van der Waals surface area contributed by atoms with Gasteiger partial charge in [0.05, 0.1) is 18.3 Å². The number of carboxylic acids is 1. The second kappa shape index (κ2) is 12.7. The summed E-state index contributed by atoms with van der Waals surface area (Å²) in [5, 5.41) is 39.0. The predicted molar refractivity (Wildman–Crippen MR) is 98.7 cm³/mol. The van der Waals surface area contributed by atoms with Crippen molar-refractivity contribution in [2.45, 2.75) is 82.5 Å². The summed E-state index contributed by atoms with van der Waals surface area (Å²) >= 11 is 5.63. The van der Waals surface area contributed by atoms with Crippen LogP contribution in [0.5, 0.6) is 0 Å². The highest BCUT2D eigenvalue weighted by Gasteiger charge is 2.39. The van der Waals surface area contributed by atoms with Crippen LogP contribution in [0.2, 0.25) is 0 Å². The molecule has 1 aliphatic carbocycles. The largest absolute Gasteiger partial charge is 0.481 e. The third-order valence-electron chi connectivity index (χ3n) is 5.03. The molecule has 6 heteroatoms. The molecular weight excluding hydrogens is 344 g/mol. The minimum absolute atomic E-state index is 0.000709. The lowest BCUT2D eigenvalue weighted by molar-refractivity contribution is -0.137. The van der Waals surface area contributed by atoms with Gasteiger partial charge in [0.25, 0.3) is 0 Å². The van der Waals surface area contributed by atoms with Crippen LogP contribution in [-0.4, -0.2) is 50.6 Å². The lowest BCUT2D eigenvalue weighted by atomic mass is 9.88. The first-order valence-electron chi connectivity index (χ1n) is 9.46. The molecule has 0 bridgehead atoms. The van der Waals surface area contributed by atoms with Crippen LogP contribution in [-0.2, 0) is 4.79 Å². The van der Waals surface area contributed by atoms with Crippen molar-refractivity contribution in [2.24, 2.45) is 11.8 Å². The Labute approximate surface area is 155 Å². The van der Waals surface area contributed by atoms with Crippen LogP contribution in [0.25, 0.3) is 0 Å². The van der Waals surface area contributed by atoms with Gasteiger partial charge < -0.3 is 20.4 Å². The summed E-state index contributed by atoms with van der Waals surface area (Å²) in [6, 6.07) is 0. The van der Waals surface area contributed by atoms with Crippen LogP contribution >= 0.6 is 11.6 Å². The van der Waals surface area contributed by atoms with Crippen molar-refractivity contribution in [3.05, 3.63) is 12.2 Å². The van der Waals surface area contributed by atoms with Crippen molar-refractivity contribution < 1.29 is 25.2 Å². The number of carbonyl (C=O) groups is 1. The maximum atomic E-state index is 10.5. The van der Waals surface area contributed by atoms with E-state index in [1.54, 1.807) is 6.08 Å². The number of aliphatic carboxylic acids is 1. The van der Waals surface area contributed by atoms with Crippen molar-refractivity contribution in [2.75, 3.05) is 5.88 Å². The lowest BCUT2D eigenvalue weighted by Gasteiger charge is -2.21. The molecule has 0 aromatic carbocycles. The maximum absolute atomic E-state index is 10.5. The minimum Gasteiger partial charge on any atom is -0.481 e. The van der Waals surface area contributed by atoms with Gasteiger partial charge in [-0.3, -0.25) is 4.79 Å². The van der Waals surface area contributed by atoms with Crippen molar-refractivity contribution >= 4 is 17.6 Å². The monoisotopic (exact) mass is 376 g/mol. The smallest absolute Gasteiger partial charge is 0.303 e. The van der Waals surface area contributed by atoms with Gasteiger partial charge in [0.15, 0.2) is 0 Å². The molecule has 1 rings (SSSR count). The third-order valence-corrected chi connectivity index (χ3v) is 5.30. The van der Waals surface area contributed by atoms with Crippen molar-refractivity contribution in [1.82, 2.24) is 0 Å². The van der Waals surface area contributed by atoms with E-state index >= 15 is 0 Å². The molecule has 1 aliphatic rings. The van der Waals surface area contributed by atoms with Crippen LogP contribution in [0, 0.1) is 11.8 Å². The van der Waals surface area contributed by atoms with Crippen LogP contribution < -0.4 is 0 Å². The van der Waals surface area contributed by atoms with E-state index in [1.807, 2.05) is 6.08 Å². The number of carboxylic acid groups (broad SMARTS) is 1. The van der Waals surface area contributed by atoms with Crippen LogP contribution in [0.3, 0.4) is 0 Å². The van der Waals surface area contributed by atoms with Crippen LogP contribution in [0.15, 0.2) is 12.2 Å². The molecular formula is C19H33ClO5. The SMILES string of the molecule is O=C(O)CCCCCC[C@@H]1[C@@H](C=CC(O)CCCCCl)[C@H](O)C[C@@H]1O. The zero-order valence-corrected chi connectivity index (χ0v) is 15.7. The van der Waals surface area contributed by atoms with Crippen molar-refractivity contribution in [1.29, 1.82) is 0 Å². The van der Waals surface area contributed by atoms with Gasteiger partial charge in [0, 0.05) is 24.6 Å². The van der Waals surface area contributed by atoms with E-state index in [1.165, 1.54) is 0 Å². The lowest BCUT2D eigenvalue weighted by Crippen LogP contribution is -2.21. The molecule has 0 amide bonds. The van der Waals surface area contributed by atoms with E-state index in [-0.39, 0.29) is 18.3 Å². The topological polar surface area (TPSA) is 98.0 Å². The normalized spacial score (nSPS) is 27.8. The number of hydrogen-bond donors (Lipinski definition) is 4. The highest BCUT2D eigenvalue weighted by atomic mass is 35.5. The second-order valence-electron chi connectivity index (χ2n) is 7.10. The van der Waals surface area contributed by atoms with E-state index in [2.05, 4.69) is 0 Å². The van der Waals surface area contributed by atoms with E-state index in [0.717, 1.165) is 38.5 Å². The van der Waals surface area contributed by atoms with Crippen molar-refractivity contribution in [3.63, 3.8) is 0 Å². The van der Waals surface area contributed by atoms with E-state index in [9.17, 15) is 20.1 Å². The number of alkyl halides is 1. The number of rotatable bonds is 13. The Bertz CT molecular complexity index is 401. The molecule has 5 atom stereocenters. The standard InChI is InChI=1S/C19H33ClO5/c20-12-6-5-7-14(21)10-11-16-15(17(22)13-18(16)23)8-3-1-2-4-9-19(24)25/h10-11,14-18,21-23H,1-9,12-13H2,(H,24,25)/t14?,15-,16-,17+,18-/m1/s1. The minimum atomic E-state index is -0.760. The van der Waals surface area contributed by atoms with Crippen LogP contribution in [0.4, 0.5) is 0 Å². The molecule has 0 radical (unpaired) electrons. The molecule has 0 saturated heterocycles. The summed E-state index contributed by atoms with van der Waals surface area (Å²) in [5.41, 5.74) is 0. The molecule has 0 aromatic rings. The van der Waals surface area contributed by atoms with Crippen LogP contribution in [0.1, 0.15) is 64.2 Å². The Morgan fingerprint density at radius 1 is 1.08 bits per heavy atom. The Hall–Kier alpha value is -0.620. The fourth-order valence-electron chi connectivity index (χ4n) is 3.59. The maximum Gasteiger partial charge on any atom is 0.303 e. The van der Waals surface area contributed by atoms with Gasteiger partial charge in [-0.15, -0.1) is 11.6 Å². The van der Waals surface area contributed by atoms with Gasteiger partial charge in [-0.25, -0.2) is 0 Å². The third kappa shape index (κ3) is 9.04. The highest BCUT2D eigenvalue weighted by Crippen LogP contribution is 2.37. The predicted octanol–water partition coefficient (Wildman–Crippen LogP) is 3.10. The number of halogens is 1. The number of aliphatic hydroxyl groups is 3. The molecule has 1 unspecified atom stereocenters. The first kappa shape index (κ1) is 22.4. The van der Waals surface area contributed by atoms with Gasteiger partial charge in [-0.1, -0.05) is 31.4 Å². The molecule has 4 N–H and O–H groups in total. The fourth-order valence-corrected chi connectivity index (χ4v) is 3.78. The quantitative estimate of drug-likeness (QED) is 0.225. The molecule has 25 heavy (non-hydrogen) atoms. The number of unbranched alkanes of at least 4 members (excludes halogenated alkanes) is 4. The van der Waals surface area contributed by atoms with Gasteiger partial charge in [0.2, 0.25) is 0 Å². The molecule has 0 heterocycles. The molecule has 1 saturated carbocycles. The molecule has 0 aromatic heterocycles. The van der Waals surface area contributed by atoms with Gasteiger partial charge >= 0.3 is 5.97 Å².